The zero-order valence-electron chi connectivity index (χ0n) is 19.2. The second-order valence-electron chi connectivity index (χ2n) is 7.73. The van der Waals surface area contributed by atoms with E-state index in [-0.39, 0.29) is 29.9 Å². The molecule has 0 heterocycles. The first-order chi connectivity index (χ1) is 14.6. The molecule has 1 fully saturated rings. The number of methoxy groups -OCH3 is 1. The van der Waals surface area contributed by atoms with E-state index in [2.05, 4.69) is 40.0 Å². The van der Waals surface area contributed by atoms with E-state index in [1.54, 1.807) is 7.11 Å². The number of ether oxygens (including phenoxy) is 2. The molecule has 7 nitrogen and oxygen atoms in total. The van der Waals surface area contributed by atoms with Crippen molar-refractivity contribution in [1.29, 1.82) is 0 Å². The molecule has 0 bridgehead atoms. The fraction of sp³-hybridized carbons (Fsp3) is 0.652. The number of guanidine groups is 1. The average molecular weight is 546 g/mol. The van der Waals surface area contributed by atoms with Crippen molar-refractivity contribution in [2.45, 2.75) is 65.0 Å². The highest BCUT2D eigenvalue weighted by molar-refractivity contribution is 14.0. The van der Waals surface area contributed by atoms with Gasteiger partial charge in [-0.25, -0.2) is 4.99 Å². The highest BCUT2D eigenvalue weighted by Crippen LogP contribution is 2.21. The lowest BCUT2D eigenvalue weighted by Gasteiger charge is -2.15. The molecule has 0 saturated heterocycles. The summed E-state index contributed by atoms with van der Waals surface area (Å²) in [6, 6.07) is 6.54. The zero-order chi connectivity index (χ0) is 21.6. The molecule has 0 unspecified atom stereocenters. The van der Waals surface area contributed by atoms with E-state index in [4.69, 9.17) is 9.47 Å². The Bertz CT molecular complexity index is 679. The van der Waals surface area contributed by atoms with Gasteiger partial charge in [-0.15, -0.1) is 24.0 Å². The molecule has 1 amide bonds. The van der Waals surface area contributed by atoms with Gasteiger partial charge >= 0.3 is 0 Å². The fourth-order valence-electron chi connectivity index (χ4n) is 3.48. The lowest BCUT2D eigenvalue weighted by molar-refractivity contribution is -0.121. The first-order valence-electron chi connectivity index (χ1n) is 11.1. The van der Waals surface area contributed by atoms with Gasteiger partial charge in [-0.3, -0.25) is 4.79 Å². The number of nitrogens with zero attached hydrogens (tertiary/aromatic N) is 1. The Morgan fingerprint density at radius 2 is 1.97 bits per heavy atom. The Kier molecular flexibility index (Phi) is 14.3. The Morgan fingerprint density at radius 1 is 1.19 bits per heavy atom. The molecule has 8 heteroatoms. The van der Waals surface area contributed by atoms with Gasteiger partial charge < -0.3 is 25.4 Å². The first kappa shape index (κ1) is 27.5. The highest BCUT2D eigenvalue weighted by atomic mass is 127. The molecule has 2 rings (SSSR count). The van der Waals surface area contributed by atoms with Crippen LogP contribution in [0.4, 0.5) is 0 Å². The molecule has 1 aliphatic carbocycles. The monoisotopic (exact) mass is 546 g/mol. The molecule has 1 aromatic carbocycles. The third-order valence-electron chi connectivity index (χ3n) is 5.09. The maximum Gasteiger partial charge on any atom is 0.221 e. The van der Waals surface area contributed by atoms with Crippen LogP contribution in [0.2, 0.25) is 0 Å². The van der Waals surface area contributed by atoms with E-state index in [0.717, 1.165) is 42.7 Å². The number of rotatable bonds is 12. The van der Waals surface area contributed by atoms with Crippen LogP contribution in [0.1, 0.15) is 56.6 Å². The summed E-state index contributed by atoms with van der Waals surface area (Å²) in [6.45, 7) is 7.19. The van der Waals surface area contributed by atoms with E-state index < -0.39 is 0 Å². The lowest BCUT2D eigenvalue weighted by atomic mass is 10.1. The van der Waals surface area contributed by atoms with E-state index in [1.807, 2.05) is 13.0 Å². The van der Waals surface area contributed by atoms with Crippen molar-refractivity contribution in [3.05, 3.63) is 29.3 Å². The molecular formula is C23H39IN4O3. The Hall–Kier alpha value is -1.55. The van der Waals surface area contributed by atoms with Crippen LogP contribution < -0.4 is 20.7 Å². The molecule has 1 saturated carbocycles. The number of halogens is 1. The molecule has 176 valence electrons. The summed E-state index contributed by atoms with van der Waals surface area (Å²) in [5, 5.41) is 9.62. The maximum atomic E-state index is 12.1. The van der Waals surface area contributed by atoms with Gasteiger partial charge in [-0.2, -0.15) is 0 Å². The summed E-state index contributed by atoms with van der Waals surface area (Å²) in [7, 11) is 1.69. The van der Waals surface area contributed by atoms with Gasteiger partial charge in [0.15, 0.2) is 5.96 Å². The smallest absolute Gasteiger partial charge is 0.221 e. The number of carbonyl (C=O) groups is 1. The van der Waals surface area contributed by atoms with Crippen LogP contribution in [-0.2, 0) is 16.1 Å². The average Bonchev–Trinajstić information content (AvgIpc) is 3.23. The van der Waals surface area contributed by atoms with Crippen LogP contribution in [0.3, 0.4) is 0 Å². The number of aliphatic imine (C=N–C) groups is 1. The van der Waals surface area contributed by atoms with Gasteiger partial charge in [-0.1, -0.05) is 25.0 Å². The predicted octanol–water partition coefficient (Wildman–Crippen LogP) is 3.53. The largest absolute Gasteiger partial charge is 0.493 e. The summed E-state index contributed by atoms with van der Waals surface area (Å²) in [5.74, 6) is 1.68. The van der Waals surface area contributed by atoms with Crippen LogP contribution in [0.25, 0.3) is 0 Å². The first-order valence-corrected chi connectivity index (χ1v) is 11.1. The second kappa shape index (κ2) is 16.1. The predicted molar refractivity (Wildman–Crippen MR) is 136 cm³/mol. The number of amides is 1. The van der Waals surface area contributed by atoms with Gasteiger partial charge in [0.1, 0.15) is 5.75 Å². The van der Waals surface area contributed by atoms with Crippen molar-refractivity contribution in [1.82, 2.24) is 16.0 Å². The van der Waals surface area contributed by atoms with Crippen LogP contribution in [-0.4, -0.2) is 51.3 Å². The minimum atomic E-state index is 0. The molecule has 3 N–H and O–H groups in total. The molecule has 0 radical (unpaired) electrons. The molecule has 0 aromatic heterocycles. The van der Waals surface area contributed by atoms with Crippen molar-refractivity contribution in [2.75, 3.05) is 33.4 Å². The fourth-order valence-corrected chi connectivity index (χ4v) is 3.48. The van der Waals surface area contributed by atoms with Crippen molar-refractivity contribution in [2.24, 2.45) is 4.99 Å². The normalized spacial score (nSPS) is 14.1. The van der Waals surface area contributed by atoms with Crippen LogP contribution in [0.15, 0.2) is 23.2 Å². The number of hydrogen-bond donors (Lipinski definition) is 3. The summed E-state index contributed by atoms with van der Waals surface area (Å²) in [5.41, 5.74) is 2.19. The van der Waals surface area contributed by atoms with Crippen molar-refractivity contribution >= 4 is 35.8 Å². The van der Waals surface area contributed by atoms with E-state index in [1.165, 1.54) is 12.8 Å². The summed E-state index contributed by atoms with van der Waals surface area (Å²) in [6.07, 6.45) is 5.94. The standard InChI is InChI=1S/C23H38N4O3.HI/c1-4-24-23(25-13-12-22(28)27-20-8-5-6-9-20)26-17-19-11-10-18(2)16-21(19)30-15-7-14-29-3;/h10-11,16,20H,4-9,12-15,17H2,1-3H3,(H,27,28)(H2,24,25,26);1H. The number of hydrogen-bond acceptors (Lipinski definition) is 4. The summed E-state index contributed by atoms with van der Waals surface area (Å²) < 4.78 is 11.0. The minimum absolute atomic E-state index is 0. The minimum Gasteiger partial charge on any atom is -0.493 e. The van der Waals surface area contributed by atoms with Crippen molar-refractivity contribution < 1.29 is 14.3 Å². The molecule has 31 heavy (non-hydrogen) atoms. The zero-order valence-corrected chi connectivity index (χ0v) is 21.5. The highest BCUT2D eigenvalue weighted by Gasteiger charge is 2.16. The van der Waals surface area contributed by atoms with E-state index >= 15 is 0 Å². The van der Waals surface area contributed by atoms with E-state index in [0.29, 0.717) is 44.7 Å². The number of aryl methyl sites for hydroxylation is 1. The molecule has 0 atom stereocenters. The molecule has 0 spiro atoms. The molecule has 0 aliphatic heterocycles. The Morgan fingerprint density at radius 3 is 2.68 bits per heavy atom. The number of nitrogens with one attached hydrogen (secondary N) is 3. The number of benzene rings is 1. The van der Waals surface area contributed by atoms with Crippen LogP contribution in [0, 0.1) is 6.92 Å². The van der Waals surface area contributed by atoms with Crippen LogP contribution in [0.5, 0.6) is 5.75 Å². The van der Waals surface area contributed by atoms with Crippen molar-refractivity contribution in [3.63, 3.8) is 0 Å². The number of carbonyl (C=O) groups excluding carboxylic acids is 1. The van der Waals surface area contributed by atoms with Gasteiger partial charge in [0.05, 0.1) is 13.2 Å². The van der Waals surface area contributed by atoms with Gasteiger partial charge in [-0.05, 0) is 38.3 Å². The Labute approximate surface area is 204 Å². The quantitative estimate of drug-likeness (QED) is 0.162. The molecule has 1 aliphatic rings. The van der Waals surface area contributed by atoms with Gasteiger partial charge in [0.25, 0.3) is 0 Å². The summed E-state index contributed by atoms with van der Waals surface area (Å²) in [4.78, 5) is 16.8. The maximum absolute atomic E-state index is 12.1. The topological polar surface area (TPSA) is 84.0 Å². The van der Waals surface area contributed by atoms with Crippen LogP contribution >= 0.6 is 24.0 Å². The summed E-state index contributed by atoms with van der Waals surface area (Å²) >= 11 is 0. The van der Waals surface area contributed by atoms with Crippen molar-refractivity contribution in [3.8, 4) is 5.75 Å². The Balaban J connectivity index is 0.00000480. The second-order valence-corrected chi connectivity index (χ2v) is 7.73. The SMILES string of the molecule is CCNC(=NCc1ccc(C)cc1OCCCOC)NCCC(=O)NC1CCCC1.I. The molecule has 1 aromatic rings. The van der Waals surface area contributed by atoms with E-state index in [9.17, 15) is 4.79 Å². The third kappa shape index (κ3) is 11.0. The van der Waals surface area contributed by atoms with Gasteiger partial charge in [0, 0.05) is 51.3 Å². The van der Waals surface area contributed by atoms with Gasteiger partial charge in [0.2, 0.25) is 5.91 Å². The lowest BCUT2D eigenvalue weighted by Crippen LogP contribution is -2.40. The third-order valence-corrected chi connectivity index (χ3v) is 5.09. The molecular weight excluding hydrogens is 507 g/mol.